The summed E-state index contributed by atoms with van der Waals surface area (Å²) in [5, 5.41) is 7.74. The standard InChI is InChI=1S/C31H37N3O4/c1-20-10-8-15-26(21(20)2)28(29(36)33-24-17-16-22-11-6-7-12-23(22)18-24)34(25-13-9-14-25)27(35)19-32-30(37)38-31(3,4)5/h6-8,10-12,15-18,25,28H,9,13-14,19H2,1-5H3,(H,32,37)(H,33,36). The molecule has 3 aromatic carbocycles. The van der Waals surface area contributed by atoms with Crippen LogP contribution in [0, 0.1) is 13.8 Å². The predicted octanol–water partition coefficient (Wildman–Crippen LogP) is 6.04. The number of carbonyl (C=O) groups excluding carboxylic acids is 3. The van der Waals surface area contributed by atoms with Gasteiger partial charge in [0.05, 0.1) is 0 Å². The lowest BCUT2D eigenvalue weighted by Gasteiger charge is -2.42. The van der Waals surface area contributed by atoms with Crippen LogP contribution in [0.3, 0.4) is 0 Å². The van der Waals surface area contributed by atoms with E-state index in [4.69, 9.17) is 4.74 Å². The number of alkyl carbamates (subject to hydrolysis) is 1. The van der Waals surface area contributed by atoms with Gasteiger partial charge in [0.2, 0.25) is 5.91 Å². The Labute approximate surface area is 224 Å². The molecule has 7 heteroatoms. The highest BCUT2D eigenvalue weighted by Crippen LogP contribution is 2.35. The molecule has 0 saturated heterocycles. The van der Waals surface area contributed by atoms with Crippen LogP contribution in [0.4, 0.5) is 10.5 Å². The minimum absolute atomic E-state index is 0.0878. The van der Waals surface area contributed by atoms with Gasteiger partial charge in [-0.05, 0) is 93.5 Å². The fraction of sp³-hybridized carbons (Fsp3) is 0.387. The number of anilines is 1. The molecule has 200 valence electrons. The van der Waals surface area contributed by atoms with Gasteiger partial charge in [-0.2, -0.15) is 0 Å². The number of nitrogens with one attached hydrogen (secondary N) is 2. The molecule has 4 rings (SSSR count). The summed E-state index contributed by atoms with van der Waals surface area (Å²) in [6.07, 6.45) is 1.94. The number of hydrogen-bond donors (Lipinski definition) is 2. The van der Waals surface area contributed by atoms with E-state index in [0.717, 1.165) is 46.7 Å². The first-order chi connectivity index (χ1) is 18.0. The van der Waals surface area contributed by atoms with Crippen molar-refractivity contribution in [2.24, 2.45) is 0 Å². The van der Waals surface area contributed by atoms with Crippen LogP contribution in [0.15, 0.2) is 60.7 Å². The second-order valence-corrected chi connectivity index (χ2v) is 11.0. The summed E-state index contributed by atoms with van der Waals surface area (Å²) in [7, 11) is 0. The van der Waals surface area contributed by atoms with E-state index in [9.17, 15) is 14.4 Å². The Bertz CT molecular complexity index is 1340. The number of hydrogen-bond acceptors (Lipinski definition) is 4. The molecule has 1 unspecified atom stereocenters. The second kappa shape index (κ2) is 11.3. The Balaban J connectivity index is 1.66. The number of benzene rings is 3. The van der Waals surface area contributed by atoms with Gasteiger partial charge in [0, 0.05) is 11.7 Å². The zero-order valence-electron chi connectivity index (χ0n) is 22.8. The van der Waals surface area contributed by atoms with Gasteiger partial charge >= 0.3 is 6.09 Å². The minimum Gasteiger partial charge on any atom is -0.444 e. The molecule has 7 nitrogen and oxygen atoms in total. The molecule has 0 aromatic heterocycles. The van der Waals surface area contributed by atoms with Crippen LogP contribution in [0.25, 0.3) is 10.8 Å². The highest BCUT2D eigenvalue weighted by molar-refractivity contribution is 6.00. The van der Waals surface area contributed by atoms with E-state index >= 15 is 0 Å². The van der Waals surface area contributed by atoms with Crippen molar-refractivity contribution in [1.29, 1.82) is 0 Å². The van der Waals surface area contributed by atoms with Gasteiger partial charge < -0.3 is 20.3 Å². The highest BCUT2D eigenvalue weighted by atomic mass is 16.6. The molecule has 1 atom stereocenters. The molecular weight excluding hydrogens is 478 g/mol. The highest BCUT2D eigenvalue weighted by Gasteiger charge is 2.39. The van der Waals surface area contributed by atoms with E-state index in [-0.39, 0.29) is 24.4 Å². The van der Waals surface area contributed by atoms with Gasteiger partial charge in [-0.1, -0.05) is 48.5 Å². The van der Waals surface area contributed by atoms with Crippen molar-refractivity contribution in [2.75, 3.05) is 11.9 Å². The van der Waals surface area contributed by atoms with E-state index in [1.807, 2.05) is 74.5 Å². The molecule has 1 aliphatic rings. The van der Waals surface area contributed by atoms with E-state index < -0.39 is 17.7 Å². The van der Waals surface area contributed by atoms with Crippen LogP contribution in [0.5, 0.6) is 0 Å². The van der Waals surface area contributed by atoms with E-state index in [1.165, 1.54) is 0 Å². The maximum absolute atomic E-state index is 14.0. The third-order valence-corrected chi connectivity index (χ3v) is 7.02. The Hall–Kier alpha value is -3.87. The van der Waals surface area contributed by atoms with Crippen molar-refractivity contribution < 1.29 is 19.1 Å². The number of aryl methyl sites for hydroxylation is 1. The molecule has 1 fully saturated rings. The lowest BCUT2D eigenvalue weighted by atomic mass is 9.87. The minimum atomic E-state index is -0.848. The summed E-state index contributed by atoms with van der Waals surface area (Å²) in [4.78, 5) is 41.6. The molecule has 0 bridgehead atoms. The average molecular weight is 516 g/mol. The summed E-state index contributed by atoms with van der Waals surface area (Å²) in [5.74, 6) is -0.605. The smallest absolute Gasteiger partial charge is 0.408 e. The molecule has 0 spiro atoms. The summed E-state index contributed by atoms with van der Waals surface area (Å²) in [6, 6.07) is 18.6. The molecule has 0 heterocycles. The summed E-state index contributed by atoms with van der Waals surface area (Å²) >= 11 is 0. The lowest BCUT2D eigenvalue weighted by Crippen LogP contribution is -2.53. The van der Waals surface area contributed by atoms with Crippen LogP contribution in [-0.2, 0) is 14.3 Å². The first-order valence-corrected chi connectivity index (χ1v) is 13.2. The van der Waals surface area contributed by atoms with Crippen molar-refractivity contribution in [3.8, 4) is 0 Å². The normalized spacial score (nSPS) is 14.3. The third-order valence-electron chi connectivity index (χ3n) is 7.02. The van der Waals surface area contributed by atoms with Crippen LogP contribution < -0.4 is 10.6 Å². The number of ether oxygens (including phenoxy) is 1. The lowest BCUT2D eigenvalue weighted by molar-refractivity contribution is -0.143. The zero-order valence-corrected chi connectivity index (χ0v) is 22.8. The van der Waals surface area contributed by atoms with Crippen LogP contribution in [-0.4, -0.2) is 41.0 Å². The molecular formula is C31H37N3O4. The monoisotopic (exact) mass is 515 g/mol. The van der Waals surface area contributed by atoms with Crippen molar-refractivity contribution in [3.63, 3.8) is 0 Å². The molecule has 1 saturated carbocycles. The number of fused-ring (bicyclic) bond motifs is 1. The Morgan fingerprint density at radius 1 is 0.974 bits per heavy atom. The van der Waals surface area contributed by atoms with Crippen molar-refractivity contribution in [3.05, 3.63) is 77.4 Å². The van der Waals surface area contributed by atoms with Gasteiger partial charge in [-0.3, -0.25) is 9.59 Å². The SMILES string of the molecule is Cc1cccc(C(C(=O)Nc2ccc3ccccc3c2)N(C(=O)CNC(=O)OC(C)(C)C)C2CCC2)c1C. The van der Waals surface area contributed by atoms with Crippen LogP contribution in [0.1, 0.15) is 62.8 Å². The summed E-state index contributed by atoms with van der Waals surface area (Å²) in [6.45, 7) is 9.02. The topological polar surface area (TPSA) is 87.7 Å². The van der Waals surface area contributed by atoms with Gasteiger partial charge in [0.1, 0.15) is 18.2 Å². The van der Waals surface area contributed by atoms with Gasteiger partial charge in [-0.15, -0.1) is 0 Å². The maximum Gasteiger partial charge on any atom is 0.408 e. The first kappa shape index (κ1) is 27.2. The second-order valence-electron chi connectivity index (χ2n) is 11.0. The number of amides is 3. The molecule has 38 heavy (non-hydrogen) atoms. The molecule has 0 aliphatic heterocycles. The fourth-order valence-electron chi connectivity index (χ4n) is 4.74. The molecule has 3 aromatic rings. The number of nitrogens with zero attached hydrogens (tertiary/aromatic N) is 1. The van der Waals surface area contributed by atoms with Crippen molar-refractivity contribution in [2.45, 2.75) is 71.6 Å². The van der Waals surface area contributed by atoms with Crippen LogP contribution >= 0.6 is 0 Å². The number of rotatable bonds is 7. The number of carbonyl (C=O) groups is 3. The van der Waals surface area contributed by atoms with Gasteiger partial charge in [0.25, 0.3) is 5.91 Å². The maximum atomic E-state index is 14.0. The van der Waals surface area contributed by atoms with Crippen molar-refractivity contribution >= 4 is 34.4 Å². The predicted molar refractivity (Wildman–Crippen MR) is 150 cm³/mol. The first-order valence-electron chi connectivity index (χ1n) is 13.2. The molecule has 1 aliphatic carbocycles. The Morgan fingerprint density at radius 2 is 1.68 bits per heavy atom. The Kier molecular flexibility index (Phi) is 8.05. The largest absolute Gasteiger partial charge is 0.444 e. The van der Waals surface area contributed by atoms with E-state index in [1.54, 1.807) is 25.7 Å². The van der Waals surface area contributed by atoms with E-state index in [2.05, 4.69) is 10.6 Å². The molecule has 0 radical (unpaired) electrons. The Morgan fingerprint density at radius 3 is 2.34 bits per heavy atom. The zero-order chi connectivity index (χ0) is 27.4. The van der Waals surface area contributed by atoms with Gasteiger partial charge in [-0.25, -0.2) is 4.79 Å². The fourth-order valence-corrected chi connectivity index (χ4v) is 4.74. The summed E-state index contributed by atoms with van der Waals surface area (Å²) < 4.78 is 5.31. The quantitative estimate of drug-likeness (QED) is 0.401. The van der Waals surface area contributed by atoms with E-state index in [0.29, 0.717) is 5.69 Å². The van der Waals surface area contributed by atoms with Gasteiger partial charge in [0.15, 0.2) is 0 Å². The van der Waals surface area contributed by atoms with Crippen molar-refractivity contribution in [1.82, 2.24) is 10.2 Å². The summed E-state index contributed by atoms with van der Waals surface area (Å²) in [5.41, 5.74) is 2.77. The van der Waals surface area contributed by atoms with Crippen LogP contribution in [0.2, 0.25) is 0 Å². The molecule has 3 amide bonds. The average Bonchev–Trinajstić information content (AvgIpc) is 2.82. The molecule has 2 N–H and O–H groups in total. The third kappa shape index (κ3) is 6.33.